The number of aromatic nitrogens is 3. The van der Waals surface area contributed by atoms with Crippen molar-refractivity contribution in [2.24, 2.45) is 4.99 Å². The number of alkyl halides is 9. The number of nitrogens with one attached hydrogen (secondary N) is 1. The van der Waals surface area contributed by atoms with Crippen LogP contribution in [0.2, 0.25) is 0 Å². The number of thioether (sulfide) groups is 1. The monoisotopic (exact) mass is 731 g/mol. The molecule has 0 aliphatic carbocycles. The van der Waals surface area contributed by atoms with E-state index in [2.05, 4.69) is 25.2 Å². The van der Waals surface area contributed by atoms with Crippen LogP contribution in [0.1, 0.15) is 29.7 Å². The molecule has 50 heavy (non-hydrogen) atoms. The highest BCUT2D eigenvalue weighted by Gasteiger charge is 2.42. The third kappa shape index (κ3) is 8.36. The Morgan fingerprint density at radius 2 is 1.62 bits per heavy atom. The molecule has 0 radical (unpaired) electrons. The van der Waals surface area contributed by atoms with Crippen molar-refractivity contribution in [3.05, 3.63) is 89.7 Å². The molecule has 1 atom stereocenters. The van der Waals surface area contributed by atoms with Crippen LogP contribution in [0.25, 0.3) is 17.1 Å². The summed E-state index contributed by atoms with van der Waals surface area (Å²) in [6, 6.07) is 10.7. The van der Waals surface area contributed by atoms with E-state index in [1.165, 1.54) is 35.2 Å². The number of nitrogens with zero attached hydrogens (tertiary/aromatic N) is 6. The molecule has 1 aliphatic heterocycles. The summed E-state index contributed by atoms with van der Waals surface area (Å²) in [5, 5.41) is 5.11. The number of carbonyl (C=O) groups excluding carboxylic acids is 2. The molecule has 0 saturated carbocycles. The normalized spacial score (nSPS) is 15.6. The largest absolute Gasteiger partial charge is 0.573 e. The number of hydrazine groups is 1. The first-order chi connectivity index (χ1) is 23.3. The van der Waals surface area contributed by atoms with Crippen LogP contribution < -0.4 is 15.1 Å². The molecule has 0 spiro atoms. The van der Waals surface area contributed by atoms with Gasteiger partial charge in [-0.25, -0.2) is 19.5 Å². The van der Waals surface area contributed by atoms with Gasteiger partial charge in [0, 0.05) is 12.6 Å². The lowest BCUT2D eigenvalue weighted by molar-refractivity contribution is -0.274. The molecule has 1 aromatic heterocycles. The van der Waals surface area contributed by atoms with E-state index in [9.17, 15) is 49.1 Å². The highest BCUT2D eigenvalue weighted by atomic mass is 32.2. The molecule has 264 valence electrons. The topological polar surface area (TPSA) is 105 Å². The fourth-order valence-electron chi connectivity index (χ4n) is 4.63. The van der Waals surface area contributed by atoms with Gasteiger partial charge in [-0.2, -0.15) is 31.3 Å². The van der Waals surface area contributed by atoms with Crippen molar-refractivity contribution in [1.82, 2.24) is 25.2 Å². The molecule has 1 aliphatic rings. The summed E-state index contributed by atoms with van der Waals surface area (Å²) in [6.45, 7) is 1.69. The Kier molecular flexibility index (Phi) is 9.88. The second-order valence-corrected chi connectivity index (χ2v) is 11.5. The maximum Gasteiger partial charge on any atom is 0.573 e. The van der Waals surface area contributed by atoms with Crippen molar-refractivity contribution in [3.63, 3.8) is 0 Å². The molecule has 5 rings (SSSR count). The Morgan fingerprint density at radius 1 is 0.960 bits per heavy atom. The van der Waals surface area contributed by atoms with E-state index in [1.807, 2.05) is 0 Å². The summed E-state index contributed by atoms with van der Waals surface area (Å²) in [4.78, 5) is 33.6. The Morgan fingerprint density at radius 3 is 2.22 bits per heavy atom. The second kappa shape index (κ2) is 13.7. The maximum absolute atomic E-state index is 13.7. The van der Waals surface area contributed by atoms with Crippen molar-refractivity contribution in [2.45, 2.75) is 31.7 Å². The minimum atomic E-state index is -5.12. The number of anilines is 1. The molecule has 3 aromatic carbocycles. The summed E-state index contributed by atoms with van der Waals surface area (Å²) in [5.74, 6) is -1.57. The third-order valence-electron chi connectivity index (χ3n) is 7.16. The average molecular weight is 732 g/mol. The van der Waals surface area contributed by atoms with Gasteiger partial charge in [-0.3, -0.25) is 15.1 Å². The summed E-state index contributed by atoms with van der Waals surface area (Å²) in [5.41, 5.74) is 0.0193. The number of benzene rings is 3. The number of ether oxygens (including phenoxy) is 1. The number of hydrogen-bond acceptors (Lipinski definition) is 7. The number of rotatable bonds is 7. The van der Waals surface area contributed by atoms with Gasteiger partial charge in [0.15, 0.2) is 11.0 Å². The van der Waals surface area contributed by atoms with Crippen LogP contribution in [-0.4, -0.2) is 56.0 Å². The number of hydrogen-bond donors (Lipinski definition) is 1. The quantitative estimate of drug-likeness (QED) is 0.154. The Balaban J connectivity index is 1.27. The summed E-state index contributed by atoms with van der Waals surface area (Å²) in [6.07, 6.45) is -13.6. The third-order valence-corrected chi connectivity index (χ3v) is 8.09. The molecule has 0 bridgehead atoms. The molecule has 1 N–H and O–H groups in total. The van der Waals surface area contributed by atoms with Crippen LogP contribution in [0.5, 0.6) is 5.75 Å². The molecule has 2 heterocycles. The molecule has 1 unspecified atom stereocenters. The first kappa shape index (κ1) is 36.2. The number of halogens is 9. The van der Waals surface area contributed by atoms with Crippen LogP contribution in [0.4, 0.5) is 50.0 Å². The minimum Gasteiger partial charge on any atom is -0.406 e. The lowest BCUT2D eigenvalue weighted by Gasteiger charge is -2.25. The van der Waals surface area contributed by atoms with Crippen molar-refractivity contribution in [1.29, 1.82) is 0 Å². The van der Waals surface area contributed by atoms with Gasteiger partial charge >= 0.3 is 24.7 Å². The van der Waals surface area contributed by atoms with Gasteiger partial charge in [0.05, 0.1) is 34.3 Å². The van der Waals surface area contributed by atoms with Gasteiger partial charge in [-0.05, 0) is 55.0 Å². The standard InChI is InChI=1S/C30H22F9N7O3S/c1-16(17-3-5-18(6-4-17)25-40-15-45(42-25)20-8-10-21(11-9-20)49-30(37,38)39)44(2)43-26(48)41-27-46(24(47)14-50-27)23-13-19(28(31,32)33)7-12-22(23)29(34,35)36/h3-13,15-16H,14H2,1-2H3,(H,43,48). The van der Waals surface area contributed by atoms with E-state index in [4.69, 9.17) is 0 Å². The highest BCUT2D eigenvalue weighted by Crippen LogP contribution is 2.42. The predicted molar refractivity (Wildman–Crippen MR) is 162 cm³/mol. The van der Waals surface area contributed by atoms with Crippen LogP contribution in [-0.2, 0) is 17.1 Å². The summed E-state index contributed by atoms with van der Waals surface area (Å²) < 4.78 is 124. The van der Waals surface area contributed by atoms with Gasteiger partial charge in [-0.15, -0.1) is 18.3 Å². The van der Waals surface area contributed by atoms with Crippen LogP contribution in [0.15, 0.2) is 78.0 Å². The van der Waals surface area contributed by atoms with Crippen molar-refractivity contribution in [3.8, 4) is 22.8 Å². The Labute approximate surface area is 280 Å². The highest BCUT2D eigenvalue weighted by molar-refractivity contribution is 8.15. The van der Waals surface area contributed by atoms with E-state index in [0.29, 0.717) is 39.3 Å². The summed E-state index contributed by atoms with van der Waals surface area (Å²) in [7, 11) is 1.46. The zero-order valence-corrected chi connectivity index (χ0v) is 26.2. The molecule has 1 saturated heterocycles. The van der Waals surface area contributed by atoms with E-state index in [1.54, 1.807) is 31.2 Å². The number of carbonyl (C=O) groups is 2. The lowest BCUT2D eigenvalue weighted by Crippen LogP contribution is -2.40. The number of aliphatic imine (C=N–C) groups is 1. The molecule has 3 amide bonds. The van der Waals surface area contributed by atoms with Gasteiger partial charge in [0.2, 0.25) is 5.91 Å². The number of amidine groups is 1. The van der Waals surface area contributed by atoms with Crippen molar-refractivity contribution >= 4 is 34.6 Å². The van der Waals surface area contributed by atoms with E-state index in [0.717, 1.165) is 12.1 Å². The smallest absolute Gasteiger partial charge is 0.406 e. The fourth-order valence-corrected chi connectivity index (χ4v) is 5.49. The predicted octanol–water partition coefficient (Wildman–Crippen LogP) is 7.62. The van der Waals surface area contributed by atoms with Gasteiger partial charge < -0.3 is 4.74 Å². The molecular weight excluding hydrogens is 709 g/mol. The van der Waals surface area contributed by atoms with Gasteiger partial charge in [-0.1, -0.05) is 36.0 Å². The molecule has 20 heteroatoms. The average Bonchev–Trinajstić information content (AvgIpc) is 3.66. The van der Waals surface area contributed by atoms with Crippen molar-refractivity contribution in [2.75, 3.05) is 17.7 Å². The lowest BCUT2D eigenvalue weighted by atomic mass is 10.1. The zero-order valence-electron chi connectivity index (χ0n) is 25.4. The Hall–Kier alpha value is -5.11. The molecular formula is C30H22F9N7O3S. The second-order valence-electron chi connectivity index (χ2n) is 10.5. The first-order valence-electron chi connectivity index (χ1n) is 14.0. The van der Waals surface area contributed by atoms with E-state index >= 15 is 0 Å². The minimum absolute atomic E-state index is 0.187. The Bertz CT molecular complexity index is 1910. The van der Waals surface area contributed by atoms with Crippen LogP contribution >= 0.6 is 11.8 Å². The molecule has 1 fully saturated rings. The van der Waals surface area contributed by atoms with E-state index < -0.39 is 70.2 Å². The van der Waals surface area contributed by atoms with Gasteiger partial charge in [0.25, 0.3) is 0 Å². The molecule has 10 nitrogen and oxygen atoms in total. The first-order valence-corrected chi connectivity index (χ1v) is 15.0. The summed E-state index contributed by atoms with van der Waals surface area (Å²) >= 11 is 0.587. The van der Waals surface area contributed by atoms with Gasteiger partial charge in [0.1, 0.15) is 12.1 Å². The zero-order chi connectivity index (χ0) is 36.6. The number of amides is 3. The van der Waals surface area contributed by atoms with Crippen LogP contribution in [0, 0.1) is 0 Å². The molecule has 4 aromatic rings. The fraction of sp³-hybridized carbons (Fsp3) is 0.233. The number of urea groups is 1. The SMILES string of the molecule is CC(c1ccc(-c2ncn(-c3ccc(OC(F)(F)F)cc3)n2)cc1)N(C)NC(=O)N=C1SCC(=O)N1c1cc(C(F)(F)F)ccc1C(F)(F)F. The van der Waals surface area contributed by atoms with E-state index in [-0.39, 0.29) is 18.2 Å². The maximum atomic E-state index is 13.7. The van der Waals surface area contributed by atoms with Crippen molar-refractivity contribution < 1.29 is 53.8 Å². The van der Waals surface area contributed by atoms with Crippen LogP contribution in [0.3, 0.4) is 0 Å².